The molecule has 2 rings (SSSR count). The average Bonchev–Trinajstić information content (AvgIpc) is 2.93. The van der Waals surface area contributed by atoms with Crippen molar-refractivity contribution >= 4 is 5.91 Å². The summed E-state index contributed by atoms with van der Waals surface area (Å²) in [7, 11) is 1.73. The van der Waals surface area contributed by atoms with Gasteiger partial charge >= 0.3 is 0 Å². The molecule has 1 N–H and O–H groups in total. The van der Waals surface area contributed by atoms with Gasteiger partial charge in [0.2, 0.25) is 5.91 Å². The maximum atomic E-state index is 12.7. The number of carbonyl (C=O) groups excluding carboxylic acids is 1. The molecule has 3 atom stereocenters. The van der Waals surface area contributed by atoms with Gasteiger partial charge in [-0.15, -0.1) is 0 Å². The SMILES string of the molecule is CCCNC1COCC1C(=O)N1CCCC(COC)C1. The van der Waals surface area contributed by atoms with Crippen LogP contribution in [0.3, 0.4) is 0 Å². The minimum absolute atomic E-state index is 0.0113. The lowest BCUT2D eigenvalue weighted by molar-refractivity contribution is -0.138. The maximum absolute atomic E-state index is 12.7. The molecule has 2 aliphatic rings. The van der Waals surface area contributed by atoms with Crippen molar-refractivity contribution in [1.82, 2.24) is 10.2 Å². The Bertz CT molecular complexity index is 309. The van der Waals surface area contributed by atoms with Crippen LogP contribution in [0.1, 0.15) is 26.2 Å². The predicted molar refractivity (Wildman–Crippen MR) is 77.6 cm³/mol. The van der Waals surface area contributed by atoms with Crippen LogP contribution in [0.25, 0.3) is 0 Å². The summed E-state index contributed by atoms with van der Waals surface area (Å²) in [5.41, 5.74) is 0. The van der Waals surface area contributed by atoms with Crippen LogP contribution in [0.5, 0.6) is 0 Å². The number of carbonyl (C=O) groups is 1. The van der Waals surface area contributed by atoms with Crippen molar-refractivity contribution < 1.29 is 14.3 Å². The van der Waals surface area contributed by atoms with Gasteiger partial charge in [-0.2, -0.15) is 0 Å². The van der Waals surface area contributed by atoms with Crippen LogP contribution < -0.4 is 5.32 Å². The third kappa shape index (κ3) is 3.93. The van der Waals surface area contributed by atoms with E-state index in [2.05, 4.69) is 12.2 Å². The third-order valence-electron chi connectivity index (χ3n) is 4.29. The van der Waals surface area contributed by atoms with Crippen LogP contribution in [-0.2, 0) is 14.3 Å². The summed E-state index contributed by atoms with van der Waals surface area (Å²) in [6.07, 6.45) is 3.33. The predicted octanol–water partition coefficient (Wildman–Crippen LogP) is 0.886. The molecule has 0 bridgehead atoms. The number of methoxy groups -OCH3 is 1. The first-order valence-electron chi connectivity index (χ1n) is 7.85. The lowest BCUT2D eigenvalue weighted by Crippen LogP contribution is -2.49. The topological polar surface area (TPSA) is 50.8 Å². The summed E-state index contributed by atoms with van der Waals surface area (Å²) >= 11 is 0. The van der Waals surface area contributed by atoms with E-state index in [-0.39, 0.29) is 17.9 Å². The molecule has 2 heterocycles. The molecule has 20 heavy (non-hydrogen) atoms. The lowest BCUT2D eigenvalue weighted by Gasteiger charge is -2.35. The number of ether oxygens (including phenoxy) is 2. The van der Waals surface area contributed by atoms with Gasteiger partial charge in [-0.25, -0.2) is 0 Å². The number of rotatable bonds is 6. The van der Waals surface area contributed by atoms with Crippen molar-refractivity contribution in [3.63, 3.8) is 0 Å². The van der Waals surface area contributed by atoms with Crippen LogP contribution in [0, 0.1) is 11.8 Å². The average molecular weight is 284 g/mol. The Balaban J connectivity index is 1.88. The molecule has 116 valence electrons. The molecule has 1 amide bonds. The van der Waals surface area contributed by atoms with Crippen molar-refractivity contribution in [1.29, 1.82) is 0 Å². The number of likely N-dealkylation sites (tertiary alicyclic amines) is 1. The van der Waals surface area contributed by atoms with Gasteiger partial charge in [0.05, 0.1) is 25.7 Å². The molecule has 0 radical (unpaired) electrons. The van der Waals surface area contributed by atoms with Gasteiger partial charge in [0, 0.05) is 26.2 Å². The summed E-state index contributed by atoms with van der Waals surface area (Å²) in [4.78, 5) is 14.7. The lowest BCUT2D eigenvalue weighted by atomic mass is 9.95. The largest absolute Gasteiger partial charge is 0.384 e. The summed E-state index contributed by atoms with van der Waals surface area (Å²) in [5.74, 6) is 0.738. The molecule has 0 spiro atoms. The van der Waals surface area contributed by atoms with E-state index in [4.69, 9.17) is 9.47 Å². The summed E-state index contributed by atoms with van der Waals surface area (Å²) in [6.45, 7) is 6.78. The molecule has 0 aromatic carbocycles. The Morgan fingerprint density at radius 1 is 1.45 bits per heavy atom. The van der Waals surface area contributed by atoms with E-state index in [1.165, 1.54) is 0 Å². The second-order valence-electron chi connectivity index (χ2n) is 5.95. The second kappa shape index (κ2) is 7.96. The molecule has 5 heteroatoms. The van der Waals surface area contributed by atoms with Crippen LogP contribution in [0.15, 0.2) is 0 Å². The zero-order chi connectivity index (χ0) is 14.4. The van der Waals surface area contributed by atoms with Gasteiger partial charge in [0.15, 0.2) is 0 Å². The Labute approximate surface area is 122 Å². The van der Waals surface area contributed by atoms with E-state index in [0.717, 1.165) is 45.5 Å². The zero-order valence-electron chi connectivity index (χ0n) is 12.8. The minimum Gasteiger partial charge on any atom is -0.384 e. The van der Waals surface area contributed by atoms with Gasteiger partial charge in [0.1, 0.15) is 0 Å². The third-order valence-corrected chi connectivity index (χ3v) is 4.29. The van der Waals surface area contributed by atoms with Gasteiger partial charge in [-0.05, 0) is 31.7 Å². The monoisotopic (exact) mass is 284 g/mol. The Kier molecular flexibility index (Phi) is 6.26. The van der Waals surface area contributed by atoms with Gasteiger partial charge < -0.3 is 19.7 Å². The van der Waals surface area contributed by atoms with E-state index in [0.29, 0.717) is 19.1 Å². The fourth-order valence-electron chi connectivity index (χ4n) is 3.20. The first kappa shape index (κ1) is 15.7. The number of hydrogen-bond donors (Lipinski definition) is 1. The normalized spacial score (nSPS) is 30.7. The molecule has 0 aromatic heterocycles. The molecule has 5 nitrogen and oxygen atoms in total. The van der Waals surface area contributed by atoms with E-state index in [1.807, 2.05) is 4.90 Å². The van der Waals surface area contributed by atoms with Crippen LogP contribution >= 0.6 is 0 Å². The Hall–Kier alpha value is -0.650. The maximum Gasteiger partial charge on any atom is 0.229 e. The molecule has 0 aliphatic carbocycles. The van der Waals surface area contributed by atoms with Crippen LogP contribution in [-0.4, -0.2) is 63.4 Å². The smallest absolute Gasteiger partial charge is 0.229 e. The van der Waals surface area contributed by atoms with E-state index in [1.54, 1.807) is 7.11 Å². The molecule has 3 unspecified atom stereocenters. The van der Waals surface area contributed by atoms with Crippen molar-refractivity contribution in [3.8, 4) is 0 Å². The Morgan fingerprint density at radius 3 is 3.05 bits per heavy atom. The fourth-order valence-corrected chi connectivity index (χ4v) is 3.20. The Morgan fingerprint density at radius 2 is 2.30 bits per heavy atom. The van der Waals surface area contributed by atoms with Crippen molar-refractivity contribution in [2.24, 2.45) is 11.8 Å². The van der Waals surface area contributed by atoms with Crippen LogP contribution in [0.4, 0.5) is 0 Å². The summed E-state index contributed by atoms with van der Waals surface area (Å²) in [6, 6.07) is 0.185. The van der Waals surface area contributed by atoms with Crippen molar-refractivity contribution in [3.05, 3.63) is 0 Å². The first-order valence-corrected chi connectivity index (χ1v) is 7.85. The van der Waals surface area contributed by atoms with Crippen molar-refractivity contribution in [2.45, 2.75) is 32.2 Å². The minimum atomic E-state index is -0.0113. The number of piperidine rings is 1. The standard InChI is InChI=1S/C15H28N2O3/c1-3-6-16-14-11-20-10-13(14)15(18)17-7-4-5-12(8-17)9-19-2/h12-14,16H,3-11H2,1-2H3. The number of amides is 1. The number of hydrogen-bond acceptors (Lipinski definition) is 4. The highest BCUT2D eigenvalue weighted by atomic mass is 16.5. The highest BCUT2D eigenvalue weighted by Gasteiger charge is 2.37. The second-order valence-corrected chi connectivity index (χ2v) is 5.95. The fraction of sp³-hybridized carbons (Fsp3) is 0.933. The van der Waals surface area contributed by atoms with E-state index >= 15 is 0 Å². The molecule has 2 fully saturated rings. The zero-order valence-corrected chi connectivity index (χ0v) is 12.8. The van der Waals surface area contributed by atoms with Gasteiger partial charge in [0.25, 0.3) is 0 Å². The van der Waals surface area contributed by atoms with Crippen LogP contribution in [0.2, 0.25) is 0 Å². The molecular weight excluding hydrogens is 256 g/mol. The number of nitrogens with one attached hydrogen (secondary N) is 1. The van der Waals surface area contributed by atoms with Gasteiger partial charge in [-0.1, -0.05) is 6.92 Å². The molecular formula is C15H28N2O3. The van der Waals surface area contributed by atoms with E-state index < -0.39 is 0 Å². The molecule has 0 saturated carbocycles. The molecule has 2 saturated heterocycles. The summed E-state index contributed by atoms with van der Waals surface area (Å²) in [5, 5.41) is 3.44. The van der Waals surface area contributed by atoms with Crippen molar-refractivity contribution in [2.75, 3.05) is 46.6 Å². The molecule has 0 aromatic rings. The van der Waals surface area contributed by atoms with E-state index in [9.17, 15) is 4.79 Å². The first-order chi connectivity index (χ1) is 9.76. The highest BCUT2D eigenvalue weighted by molar-refractivity contribution is 5.80. The summed E-state index contributed by atoms with van der Waals surface area (Å²) < 4.78 is 10.8. The quantitative estimate of drug-likeness (QED) is 0.787. The highest BCUT2D eigenvalue weighted by Crippen LogP contribution is 2.22. The molecule has 2 aliphatic heterocycles. The number of nitrogens with zero attached hydrogens (tertiary/aromatic N) is 1. The van der Waals surface area contributed by atoms with Gasteiger partial charge in [-0.3, -0.25) is 4.79 Å².